The molecule has 0 aliphatic carbocycles. The molecule has 1 N–H and O–H groups in total. The summed E-state index contributed by atoms with van der Waals surface area (Å²) in [6, 6.07) is 5.73. The fraction of sp³-hybridized carbons (Fsp3) is 0.316. The molecule has 0 saturated heterocycles. The lowest BCUT2D eigenvalue weighted by atomic mass is 10.2. The maximum Gasteiger partial charge on any atom is 0.387 e. The Balaban J connectivity index is 1.99. The number of ether oxygens (including phenoxy) is 2. The van der Waals surface area contributed by atoms with Gasteiger partial charge in [0.2, 0.25) is 0 Å². The summed E-state index contributed by atoms with van der Waals surface area (Å²) in [7, 11) is 1.79. The SMILES string of the molecule is Cc1nn(C)c(C)c1/C=C/C(=O)O[C@@H](C)C(=O)Nc1ccccc1OC(F)F. The number of alkyl halides is 2. The van der Waals surface area contributed by atoms with E-state index in [2.05, 4.69) is 15.2 Å². The summed E-state index contributed by atoms with van der Waals surface area (Å²) in [4.78, 5) is 24.2. The molecule has 0 saturated carbocycles. The third-order valence-electron chi connectivity index (χ3n) is 3.97. The lowest BCUT2D eigenvalue weighted by Crippen LogP contribution is -2.29. The summed E-state index contributed by atoms with van der Waals surface area (Å²) in [6.07, 6.45) is 1.62. The second-order valence-electron chi connectivity index (χ2n) is 5.98. The number of rotatable bonds is 7. The molecule has 2 aromatic rings. The highest BCUT2D eigenvalue weighted by atomic mass is 19.3. The number of aromatic nitrogens is 2. The summed E-state index contributed by atoms with van der Waals surface area (Å²) in [5, 5.41) is 6.64. The molecule has 2 rings (SSSR count). The minimum absolute atomic E-state index is 0.0489. The summed E-state index contributed by atoms with van der Waals surface area (Å²) in [6.45, 7) is 2.02. The van der Waals surface area contributed by atoms with Crippen LogP contribution in [-0.4, -0.2) is 34.4 Å². The molecule has 0 fully saturated rings. The summed E-state index contributed by atoms with van der Waals surface area (Å²) < 4.78 is 36.0. The molecule has 150 valence electrons. The van der Waals surface area contributed by atoms with E-state index in [0.29, 0.717) is 0 Å². The number of hydrogen-bond donors (Lipinski definition) is 1. The first-order valence-electron chi connectivity index (χ1n) is 8.42. The molecule has 0 unspecified atom stereocenters. The van der Waals surface area contributed by atoms with Crippen LogP contribution in [0.1, 0.15) is 23.9 Å². The number of carbonyl (C=O) groups excluding carboxylic acids is 2. The van der Waals surface area contributed by atoms with Gasteiger partial charge in [-0.15, -0.1) is 0 Å². The first kappa shape index (κ1) is 21.1. The van der Waals surface area contributed by atoms with Crippen molar-refractivity contribution in [1.29, 1.82) is 0 Å². The van der Waals surface area contributed by atoms with Crippen LogP contribution in [0, 0.1) is 13.8 Å². The molecule has 7 nitrogen and oxygen atoms in total. The number of anilines is 1. The molecule has 0 bridgehead atoms. The zero-order valence-electron chi connectivity index (χ0n) is 15.9. The number of esters is 1. The standard InChI is InChI=1S/C19H21F2N3O4/c1-11-14(12(2)24(4)23-11)9-10-17(25)27-13(3)18(26)22-15-7-5-6-8-16(15)28-19(20)21/h5-10,13,19H,1-4H3,(H,22,26)/b10-9+/t13-/m0/s1. The van der Waals surface area contributed by atoms with Gasteiger partial charge in [0.25, 0.3) is 5.91 Å². The Morgan fingerprint density at radius 1 is 1.25 bits per heavy atom. The molecule has 9 heteroatoms. The van der Waals surface area contributed by atoms with Gasteiger partial charge in [0.15, 0.2) is 6.10 Å². The van der Waals surface area contributed by atoms with Crippen molar-refractivity contribution in [3.8, 4) is 5.75 Å². The largest absolute Gasteiger partial charge is 0.449 e. The van der Waals surface area contributed by atoms with Crippen LogP contribution in [0.3, 0.4) is 0 Å². The van der Waals surface area contributed by atoms with E-state index in [9.17, 15) is 18.4 Å². The molecule has 1 aromatic carbocycles. The molecular formula is C19H21F2N3O4. The number of para-hydroxylation sites is 2. The second kappa shape index (κ2) is 9.12. The van der Waals surface area contributed by atoms with Gasteiger partial charge in [-0.25, -0.2) is 4.79 Å². The summed E-state index contributed by atoms with van der Waals surface area (Å²) in [5.74, 6) is -1.59. The number of aryl methyl sites for hydroxylation is 2. The molecule has 0 spiro atoms. The lowest BCUT2D eigenvalue weighted by Gasteiger charge is -2.15. The number of benzene rings is 1. The van der Waals surface area contributed by atoms with Crippen molar-refractivity contribution < 1.29 is 27.8 Å². The Bertz CT molecular complexity index is 893. The quantitative estimate of drug-likeness (QED) is 0.577. The van der Waals surface area contributed by atoms with E-state index in [4.69, 9.17) is 4.74 Å². The average molecular weight is 393 g/mol. The normalized spacial score (nSPS) is 12.2. The average Bonchev–Trinajstić information content (AvgIpc) is 2.86. The van der Waals surface area contributed by atoms with Crippen molar-refractivity contribution in [2.45, 2.75) is 33.5 Å². The number of amides is 1. The Labute approximate surface area is 160 Å². The van der Waals surface area contributed by atoms with Crippen molar-refractivity contribution in [2.24, 2.45) is 7.05 Å². The van der Waals surface area contributed by atoms with Gasteiger partial charge < -0.3 is 14.8 Å². The highest BCUT2D eigenvalue weighted by molar-refractivity contribution is 5.97. The summed E-state index contributed by atoms with van der Waals surface area (Å²) >= 11 is 0. The first-order valence-corrected chi connectivity index (χ1v) is 8.42. The molecule has 0 aliphatic heterocycles. The van der Waals surface area contributed by atoms with E-state index < -0.39 is 24.6 Å². The van der Waals surface area contributed by atoms with E-state index >= 15 is 0 Å². The number of nitrogens with zero attached hydrogens (tertiary/aromatic N) is 2. The number of halogens is 2. The molecule has 28 heavy (non-hydrogen) atoms. The smallest absolute Gasteiger partial charge is 0.387 e. The van der Waals surface area contributed by atoms with Crippen molar-refractivity contribution in [3.05, 3.63) is 47.3 Å². The van der Waals surface area contributed by atoms with E-state index in [0.717, 1.165) is 17.0 Å². The van der Waals surface area contributed by atoms with Gasteiger partial charge in [-0.2, -0.15) is 13.9 Å². The molecule has 0 radical (unpaired) electrons. The minimum atomic E-state index is -3.03. The molecule has 1 amide bonds. The van der Waals surface area contributed by atoms with Gasteiger partial charge in [-0.05, 0) is 39.0 Å². The molecular weight excluding hydrogens is 372 g/mol. The number of nitrogens with one attached hydrogen (secondary N) is 1. The lowest BCUT2D eigenvalue weighted by molar-refractivity contribution is -0.148. The van der Waals surface area contributed by atoms with Gasteiger partial charge >= 0.3 is 12.6 Å². The van der Waals surface area contributed by atoms with Crippen molar-refractivity contribution in [3.63, 3.8) is 0 Å². The third kappa shape index (κ3) is 5.38. The van der Waals surface area contributed by atoms with E-state index in [1.165, 1.54) is 31.2 Å². The Kier molecular flexibility index (Phi) is 6.86. The zero-order chi connectivity index (χ0) is 20.8. The van der Waals surface area contributed by atoms with Gasteiger partial charge in [0.1, 0.15) is 5.75 Å². The number of carbonyl (C=O) groups is 2. The highest BCUT2D eigenvalue weighted by Gasteiger charge is 2.19. The maximum atomic E-state index is 12.4. The van der Waals surface area contributed by atoms with Crippen molar-refractivity contribution >= 4 is 23.6 Å². The third-order valence-corrected chi connectivity index (χ3v) is 3.97. The molecule has 1 aromatic heterocycles. The minimum Gasteiger partial charge on any atom is -0.449 e. The predicted molar refractivity (Wildman–Crippen MR) is 99.0 cm³/mol. The Hall–Kier alpha value is -3.23. The zero-order valence-corrected chi connectivity index (χ0v) is 15.9. The van der Waals surface area contributed by atoms with Crippen molar-refractivity contribution in [2.75, 3.05) is 5.32 Å². The van der Waals surface area contributed by atoms with Crippen LogP contribution in [0.4, 0.5) is 14.5 Å². The van der Waals surface area contributed by atoms with Gasteiger partial charge in [0, 0.05) is 24.4 Å². The summed E-state index contributed by atoms with van der Waals surface area (Å²) in [5.41, 5.74) is 2.47. The fourth-order valence-electron chi connectivity index (χ4n) is 2.45. The van der Waals surface area contributed by atoms with Crippen LogP contribution in [0.5, 0.6) is 5.75 Å². The maximum absolute atomic E-state index is 12.4. The number of hydrogen-bond acceptors (Lipinski definition) is 5. The van der Waals surface area contributed by atoms with Crippen molar-refractivity contribution in [1.82, 2.24) is 9.78 Å². The van der Waals surface area contributed by atoms with E-state index in [-0.39, 0.29) is 11.4 Å². The molecule has 0 aliphatic rings. The highest BCUT2D eigenvalue weighted by Crippen LogP contribution is 2.25. The van der Waals surface area contributed by atoms with Crippen LogP contribution in [0.15, 0.2) is 30.3 Å². The van der Waals surface area contributed by atoms with Gasteiger partial charge in [-0.1, -0.05) is 12.1 Å². The van der Waals surface area contributed by atoms with E-state index in [1.54, 1.807) is 23.9 Å². The van der Waals surface area contributed by atoms with Crippen LogP contribution in [0.25, 0.3) is 6.08 Å². The van der Waals surface area contributed by atoms with Crippen LogP contribution < -0.4 is 10.1 Å². The monoisotopic (exact) mass is 393 g/mol. The Morgan fingerprint density at radius 3 is 2.54 bits per heavy atom. The Morgan fingerprint density at radius 2 is 1.93 bits per heavy atom. The van der Waals surface area contributed by atoms with E-state index in [1.807, 2.05) is 13.8 Å². The second-order valence-corrected chi connectivity index (χ2v) is 5.98. The molecule has 1 atom stereocenters. The predicted octanol–water partition coefficient (Wildman–Crippen LogP) is 3.22. The van der Waals surface area contributed by atoms with Crippen LogP contribution in [-0.2, 0) is 21.4 Å². The molecule has 1 heterocycles. The fourth-order valence-corrected chi connectivity index (χ4v) is 2.45. The first-order chi connectivity index (χ1) is 13.2. The van der Waals surface area contributed by atoms with Crippen LogP contribution in [0.2, 0.25) is 0 Å². The topological polar surface area (TPSA) is 82.5 Å². The van der Waals surface area contributed by atoms with Gasteiger partial charge in [0.05, 0.1) is 11.4 Å². The van der Waals surface area contributed by atoms with Crippen LogP contribution >= 0.6 is 0 Å². The van der Waals surface area contributed by atoms with Gasteiger partial charge in [-0.3, -0.25) is 9.48 Å².